The maximum Gasteiger partial charge on any atom is 0.335 e. The first-order valence-corrected chi connectivity index (χ1v) is 8.23. The monoisotopic (exact) mass is 374 g/mol. The minimum atomic E-state index is -1.61. The van der Waals surface area contributed by atoms with Gasteiger partial charge in [-0.3, -0.25) is 0 Å². The lowest BCUT2D eigenvalue weighted by molar-refractivity contribution is -0.339. The lowest BCUT2D eigenvalue weighted by Gasteiger charge is -2.42. The van der Waals surface area contributed by atoms with Crippen LogP contribution in [0.15, 0.2) is 23.5 Å². The van der Waals surface area contributed by atoms with Crippen LogP contribution >= 0.6 is 0 Å². The Morgan fingerprint density at radius 3 is 2.50 bits per heavy atom. The fraction of sp³-hybridized carbons (Fsp3) is 0.688. The molecule has 3 aliphatic rings. The number of hydrogen-bond acceptors (Lipinski definition) is 9. The molecule has 0 bridgehead atoms. The molecule has 26 heavy (non-hydrogen) atoms. The number of allylic oxidation sites excluding steroid dienone is 1. The average molecular weight is 374 g/mol. The zero-order valence-corrected chi connectivity index (χ0v) is 13.7. The highest BCUT2D eigenvalue weighted by Crippen LogP contribution is 2.44. The Balaban J connectivity index is 1.80. The first kappa shape index (κ1) is 19.2. The third-order valence-electron chi connectivity index (χ3n) is 5.06. The Labute approximate surface area is 148 Å². The van der Waals surface area contributed by atoms with Gasteiger partial charge in [-0.15, -0.1) is 0 Å². The van der Waals surface area contributed by atoms with Gasteiger partial charge in [0.15, 0.2) is 6.29 Å². The smallest absolute Gasteiger partial charge is 0.335 e. The molecule has 3 rings (SSSR count). The minimum Gasteiger partial charge on any atom is -0.478 e. The van der Waals surface area contributed by atoms with Crippen LogP contribution in [0, 0.1) is 11.8 Å². The van der Waals surface area contributed by atoms with Gasteiger partial charge in [0.1, 0.15) is 24.4 Å². The molecular formula is C16H22O10. The Bertz CT molecular complexity index is 600. The molecule has 2 aliphatic heterocycles. The molecule has 10 heteroatoms. The SMILES string of the molecule is O=C(O)C1=CO[C@@H](O[C@H]2O[C@@H](CO)[C@H](O)[C@@H](O)[C@@H]2O)[C@H]2C(CO)=CC[C@@H]12. The Morgan fingerprint density at radius 1 is 1.15 bits per heavy atom. The van der Waals surface area contributed by atoms with Crippen LogP contribution in [0.1, 0.15) is 6.42 Å². The van der Waals surface area contributed by atoms with Gasteiger partial charge >= 0.3 is 5.97 Å². The van der Waals surface area contributed by atoms with Crippen molar-refractivity contribution in [1.29, 1.82) is 0 Å². The van der Waals surface area contributed by atoms with Crippen LogP contribution in [0.25, 0.3) is 0 Å². The fourth-order valence-electron chi connectivity index (χ4n) is 3.62. The van der Waals surface area contributed by atoms with Crippen molar-refractivity contribution in [1.82, 2.24) is 0 Å². The van der Waals surface area contributed by atoms with Crippen LogP contribution in [-0.2, 0) is 19.0 Å². The van der Waals surface area contributed by atoms with Gasteiger partial charge in [0, 0.05) is 5.92 Å². The topological polar surface area (TPSA) is 166 Å². The van der Waals surface area contributed by atoms with Crippen molar-refractivity contribution < 1.29 is 49.6 Å². The predicted octanol–water partition coefficient (Wildman–Crippen LogP) is -2.32. The van der Waals surface area contributed by atoms with Gasteiger partial charge in [-0.05, 0) is 12.0 Å². The van der Waals surface area contributed by atoms with E-state index in [1.54, 1.807) is 6.08 Å². The normalized spacial score (nSPS) is 42.5. The summed E-state index contributed by atoms with van der Waals surface area (Å²) in [5.41, 5.74) is 0.583. The molecule has 0 radical (unpaired) electrons. The number of ether oxygens (including phenoxy) is 3. The molecule has 8 atom stereocenters. The van der Waals surface area contributed by atoms with Crippen molar-refractivity contribution in [3.63, 3.8) is 0 Å². The number of fused-ring (bicyclic) bond motifs is 1. The summed E-state index contributed by atoms with van der Waals surface area (Å²) in [6, 6.07) is 0. The number of carbonyl (C=O) groups is 1. The summed E-state index contributed by atoms with van der Waals surface area (Å²) < 4.78 is 16.3. The van der Waals surface area contributed by atoms with E-state index in [-0.39, 0.29) is 12.2 Å². The fourth-order valence-corrected chi connectivity index (χ4v) is 3.62. The predicted molar refractivity (Wildman–Crippen MR) is 82.2 cm³/mol. The van der Waals surface area contributed by atoms with Crippen LogP contribution in [0.5, 0.6) is 0 Å². The second-order valence-corrected chi connectivity index (χ2v) is 6.52. The molecule has 0 saturated carbocycles. The molecule has 0 aromatic heterocycles. The largest absolute Gasteiger partial charge is 0.478 e. The van der Waals surface area contributed by atoms with Gasteiger partial charge in [0.2, 0.25) is 6.29 Å². The average Bonchev–Trinajstić information content (AvgIpc) is 3.06. The van der Waals surface area contributed by atoms with Crippen molar-refractivity contribution in [2.45, 2.75) is 43.4 Å². The number of rotatable bonds is 5. The van der Waals surface area contributed by atoms with E-state index in [0.717, 1.165) is 6.26 Å². The molecule has 1 fully saturated rings. The van der Waals surface area contributed by atoms with Crippen molar-refractivity contribution in [3.05, 3.63) is 23.5 Å². The number of hydrogen-bond donors (Lipinski definition) is 6. The Kier molecular flexibility index (Phi) is 5.63. The summed E-state index contributed by atoms with van der Waals surface area (Å²) >= 11 is 0. The highest BCUT2D eigenvalue weighted by Gasteiger charge is 2.49. The van der Waals surface area contributed by atoms with Gasteiger partial charge in [0.25, 0.3) is 0 Å². The van der Waals surface area contributed by atoms with Gasteiger partial charge in [-0.2, -0.15) is 0 Å². The van der Waals surface area contributed by atoms with Gasteiger partial charge in [0.05, 0.1) is 31.0 Å². The summed E-state index contributed by atoms with van der Waals surface area (Å²) in [6.07, 6.45) is -5.21. The number of aliphatic hydroxyl groups excluding tert-OH is 5. The second kappa shape index (κ2) is 7.61. The maximum atomic E-state index is 11.4. The standard InChI is InChI=1S/C16H22O10/c17-3-6-1-2-7-8(14(22)23)5-24-15(10(6)7)26-16-13(21)12(20)11(19)9(4-18)25-16/h1,5,7,9-13,15-21H,2-4H2,(H,22,23)/t7-,9-,10-,11-,12+,13-,15-,16+/m0/s1. The van der Waals surface area contributed by atoms with Crippen LogP contribution in [-0.4, -0.2) is 86.8 Å². The summed E-state index contributed by atoms with van der Waals surface area (Å²) in [7, 11) is 0. The number of aliphatic hydroxyl groups is 5. The zero-order valence-electron chi connectivity index (χ0n) is 13.7. The second-order valence-electron chi connectivity index (χ2n) is 6.52. The molecule has 0 aromatic carbocycles. The van der Waals surface area contributed by atoms with Crippen molar-refractivity contribution >= 4 is 5.97 Å². The minimum absolute atomic E-state index is 0.0448. The van der Waals surface area contributed by atoms with E-state index in [4.69, 9.17) is 14.2 Å². The maximum absolute atomic E-state index is 11.4. The molecule has 2 heterocycles. The van der Waals surface area contributed by atoms with Gasteiger partial charge < -0.3 is 44.8 Å². The molecule has 0 unspecified atom stereocenters. The van der Waals surface area contributed by atoms with Crippen LogP contribution in [0.4, 0.5) is 0 Å². The van der Waals surface area contributed by atoms with Crippen molar-refractivity contribution in [2.75, 3.05) is 13.2 Å². The van der Waals surface area contributed by atoms with E-state index in [9.17, 15) is 35.4 Å². The van der Waals surface area contributed by atoms with Crippen molar-refractivity contribution in [3.8, 4) is 0 Å². The molecular weight excluding hydrogens is 352 g/mol. The van der Waals surface area contributed by atoms with Crippen molar-refractivity contribution in [2.24, 2.45) is 11.8 Å². The first-order valence-electron chi connectivity index (χ1n) is 8.23. The van der Waals surface area contributed by atoms with Crippen LogP contribution < -0.4 is 0 Å². The summed E-state index contributed by atoms with van der Waals surface area (Å²) in [6.45, 7) is -0.917. The number of aliphatic carboxylic acids is 1. The molecule has 0 spiro atoms. The molecule has 10 nitrogen and oxygen atoms in total. The number of carboxylic acids is 1. The highest BCUT2D eigenvalue weighted by molar-refractivity contribution is 5.87. The molecule has 6 N–H and O–H groups in total. The lowest BCUT2D eigenvalue weighted by Crippen LogP contribution is -2.60. The molecule has 0 amide bonds. The first-order chi connectivity index (χ1) is 12.4. The van der Waals surface area contributed by atoms with Crippen LogP contribution in [0.3, 0.4) is 0 Å². The molecule has 1 aliphatic carbocycles. The van der Waals surface area contributed by atoms with E-state index in [0.29, 0.717) is 12.0 Å². The summed E-state index contributed by atoms with van der Waals surface area (Å²) in [4.78, 5) is 11.4. The van der Waals surface area contributed by atoms with Gasteiger partial charge in [-0.25, -0.2) is 4.79 Å². The Hall–Kier alpha value is -1.53. The highest BCUT2D eigenvalue weighted by atomic mass is 16.8. The van der Waals surface area contributed by atoms with Gasteiger partial charge in [-0.1, -0.05) is 6.08 Å². The van der Waals surface area contributed by atoms with Crippen LogP contribution in [0.2, 0.25) is 0 Å². The summed E-state index contributed by atoms with van der Waals surface area (Å²) in [5.74, 6) is -2.22. The quantitative estimate of drug-likeness (QED) is 0.288. The molecule has 0 aromatic rings. The van der Waals surface area contributed by atoms with E-state index >= 15 is 0 Å². The van der Waals surface area contributed by atoms with E-state index in [1.165, 1.54) is 0 Å². The zero-order chi connectivity index (χ0) is 19.0. The Morgan fingerprint density at radius 2 is 1.88 bits per heavy atom. The van der Waals surface area contributed by atoms with E-state index in [1.807, 2.05) is 0 Å². The molecule has 146 valence electrons. The third-order valence-corrected chi connectivity index (χ3v) is 5.06. The van der Waals surface area contributed by atoms with E-state index < -0.39 is 61.4 Å². The number of carboxylic acid groups (broad SMARTS) is 1. The lowest BCUT2D eigenvalue weighted by atomic mass is 9.83. The third kappa shape index (κ3) is 3.25. The summed E-state index contributed by atoms with van der Waals surface area (Å²) in [5, 5.41) is 57.8. The molecule has 1 saturated heterocycles. The van der Waals surface area contributed by atoms with E-state index in [2.05, 4.69) is 0 Å².